The van der Waals surface area contributed by atoms with Gasteiger partial charge in [0.15, 0.2) is 0 Å². The fourth-order valence-corrected chi connectivity index (χ4v) is 3.58. The Kier molecular flexibility index (Phi) is 5.78. The van der Waals surface area contributed by atoms with Gasteiger partial charge in [0.25, 0.3) is 0 Å². The Labute approximate surface area is 154 Å². The van der Waals surface area contributed by atoms with Crippen molar-refractivity contribution in [2.45, 2.75) is 25.8 Å². The van der Waals surface area contributed by atoms with Crippen LogP contribution in [0.5, 0.6) is 11.5 Å². The SMILES string of the molecule is COc1ccc(OC)c(C2CCCN2CC(=O)Nc2cccc(C)c2)c1. The van der Waals surface area contributed by atoms with Crippen LogP contribution in [0.2, 0.25) is 0 Å². The van der Waals surface area contributed by atoms with Gasteiger partial charge in [0.05, 0.1) is 20.8 Å². The molecule has 5 nitrogen and oxygen atoms in total. The Morgan fingerprint density at radius 2 is 2.04 bits per heavy atom. The summed E-state index contributed by atoms with van der Waals surface area (Å²) in [6.45, 7) is 3.27. The third-order valence-corrected chi connectivity index (χ3v) is 4.81. The van der Waals surface area contributed by atoms with Crippen LogP contribution in [0.15, 0.2) is 42.5 Å². The van der Waals surface area contributed by atoms with Crippen LogP contribution in [-0.4, -0.2) is 38.1 Å². The number of nitrogens with zero attached hydrogens (tertiary/aromatic N) is 1. The fourth-order valence-electron chi connectivity index (χ4n) is 3.58. The molecule has 1 fully saturated rings. The number of hydrogen-bond donors (Lipinski definition) is 1. The number of anilines is 1. The number of carbonyl (C=O) groups excluding carboxylic acids is 1. The van der Waals surface area contributed by atoms with Crippen molar-refractivity contribution in [3.05, 3.63) is 53.6 Å². The van der Waals surface area contributed by atoms with E-state index in [-0.39, 0.29) is 11.9 Å². The summed E-state index contributed by atoms with van der Waals surface area (Å²) in [5.41, 5.74) is 3.04. The topological polar surface area (TPSA) is 50.8 Å². The maximum atomic E-state index is 12.5. The minimum Gasteiger partial charge on any atom is -0.497 e. The minimum atomic E-state index is 0.00404. The number of nitrogens with one attached hydrogen (secondary N) is 1. The van der Waals surface area contributed by atoms with Crippen molar-refractivity contribution >= 4 is 11.6 Å². The fraction of sp³-hybridized carbons (Fsp3) is 0.381. The molecule has 0 aromatic heterocycles. The lowest BCUT2D eigenvalue weighted by Crippen LogP contribution is -2.33. The molecule has 0 aliphatic carbocycles. The van der Waals surface area contributed by atoms with Gasteiger partial charge in [0.2, 0.25) is 5.91 Å². The van der Waals surface area contributed by atoms with E-state index < -0.39 is 0 Å². The second kappa shape index (κ2) is 8.23. The number of benzene rings is 2. The molecular weight excluding hydrogens is 328 g/mol. The molecule has 0 radical (unpaired) electrons. The lowest BCUT2D eigenvalue weighted by molar-refractivity contribution is -0.117. The summed E-state index contributed by atoms with van der Waals surface area (Å²) in [7, 11) is 3.34. The zero-order valence-electron chi connectivity index (χ0n) is 15.6. The smallest absolute Gasteiger partial charge is 0.238 e. The number of amides is 1. The molecule has 1 heterocycles. The highest BCUT2D eigenvalue weighted by Crippen LogP contribution is 2.38. The summed E-state index contributed by atoms with van der Waals surface area (Å²) in [5.74, 6) is 1.64. The summed E-state index contributed by atoms with van der Waals surface area (Å²) in [4.78, 5) is 14.7. The van der Waals surface area contributed by atoms with Crippen LogP contribution in [-0.2, 0) is 4.79 Å². The van der Waals surface area contributed by atoms with E-state index in [4.69, 9.17) is 9.47 Å². The number of carbonyl (C=O) groups is 1. The molecule has 2 aromatic carbocycles. The van der Waals surface area contributed by atoms with Gasteiger partial charge in [-0.15, -0.1) is 0 Å². The van der Waals surface area contributed by atoms with Crippen molar-refractivity contribution in [1.82, 2.24) is 4.90 Å². The predicted molar refractivity (Wildman–Crippen MR) is 103 cm³/mol. The van der Waals surface area contributed by atoms with E-state index in [0.717, 1.165) is 47.7 Å². The average molecular weight is 354 g/mol. The summed E-state index contributed by atoms with van der Waals surface area (Å²) in [5, 5.41) is 3.00. The van der Waals surface area contributed by atoms with E-state index in [0.29, 0.717) is 6.54 Å². The minimum absolute atomic E-state index is 0.00404. The van der Waals surface area contributed by atoms with Crippen LogP contribution in [0.1, 0.15) is 30.0 Å². The van der Waals surface area contributed by atoms with Crippen LogP contribution in [0.25, 0.3) is 0 Å². The van der Waals surface area contributed by atoms with Crippen LogP contribution >= 0.6 is 0 Å². The van der Waals surface area contributed by atoms with Gasteiger partial charge in [-0.05, 0) is 62.2 Å². The number of likely N-dealkylation sites (tertiary alicyclic amines) is 1. The summed E-state index contributed by atoms with van der Waals surface area (Å²) in [6, 6.07) is 13.8. The highest BCUT2D eigenvalue weighted by atomic mass is 16.5. The quantitative estimate of drug-likeness (QED) is 0.857. The molecule has 0 spiro atoms. The monoisotopic (exact) mass is 354 g/mol. The number of methoxy groups -OCH3 is 2. The van der Waals surface area contributed by atoms with E-state index in [9.17, 15) is 4.79 Å². The molecule has 1 aliphatic rings. The van der Waals surface area contributed by atoms with E-state index in [2.05, 4.69) is 10.2 Å². The maximum Gasteiger partial charge on any atom is 0.238 e. The van der Waals surface area contributed by atoms with Crippen LogP contribution < -0.4 is 14.8 Å². The molecule has 1 aliphatic heterocycles. The Morgan fingerprint density at radius 1 is 1.19 bits per heavy atom. The van der Waals surface area contributed by atoms with Crippen molar-refractivity contribution in [2.24, 2.45) is 0 Å². The van der Waals surface area contributed by atoms with Gasteiger partial charge < -0.3 is 14.8 Å². The molecule has 138 valence electrons. The standard InChI is InChI=1S/C21H26N2O3/c1-15-6-4-7-16(12-15)22-21(24)14-23-11-5-8-19(23)18-13-17(25-2)9-10-20(18)26-3/h4,6-7,9-10,12-13,19H,5,8,11,14H2,1-3H3,(H,22,24). The summed E-state index contributed by atoms with van der Waals surface area (Å²) in [6.07, 6.45) is 2.06. The van der Waals surface area contributed by atoms with Crippen molar-refractivity contribution in [1.29, 1.82) is 0 Å². The average Bonchev–Trinajstić information content (AvgIpc) is 3.08. The number of ether oxygens (including phenoxy) is 2. The van der Waals surface area contributed by atoms with E-state index in [1.165, 1.54) is 0 Å². The molecule has 0 saturated carbocycles. The highest BCUT2D eigenvalue weighted by molar-refractivity contribution is 5.92. The van der Waals surface area contributed by atoms with Gasteiger partial charge in [-0.1, -0.05) is 12.1 Å². The molecule has 3 rings (SSSR count). The normalized spacial score (nSPS) is 17.1. The zero-order valence-corrected chi connectivity index (χ0v) is 15.6. The largest absolute Gasteiger partial charge is 0.497 e. The highest BCUT2D eigenvalue weighted by Gasteiger charge is 2.30. The summed E-state index contributed by atoms with van der Waals surface area (Å²) < 4.78 is 10.9. The third-order valence-electron chi connectivity index (χ3n) is 4.81. The van der Waals surface area contributed by atoms with Gasteiger partial charge in [0, 0.05) is 17.3 Å². The molecular formula is C21H26N2O3. The summed E-state index contributed by atoms with van der Waals surface area (Å²) >= 11 is 0. The van der Waals surface area contributed by atoms with Gasteiger partial charge in [-0.3, -0.25) is 9.69 Å². The molecule has 2 aromatic rings. The van der Waals surface area contributed by atoms with Crippen molar-refractivity contribution in [3.8, 4) is 11.5 Å². The molecule has 5 heteroatoms. The lowest BCUT2D eigenvalue weighted by atomic mass is 10.0. The van der Waals surface area contributed by atoms with E-state index in [1.54, 1.807) is 14.2 Å². The second-order valence-corrected chi connectivity index (χ2v) is 6.65. The van der Waals surface area contributed by atoms with Crippen LogP contribution in [0.4, 0.5) is 5.69 Å². The molecule has 1 N–H and O–H groups in total. The molecule has 1 saturated heterocycles. The Hall–Kier alpha value is -2.53. The molecule has 1 atom stereocenters. The first-order valence-corrected chi connectivity index (χ1v) is 8.93. The van der Waals surface area contributed by atoms with Crippen LogP contribution in [0, 0.1) is 6.92 Å². The lowest BCUT2D eigenvalue weighted by Gasteiger charge is -2.26. The van der Waals surface area contributed by atoms with Crippen molar-refractivity contribution < 1.29 is 14.3 Å². The molecule has 1 unspecified atom stereocenters. The molecule has 1 amide bonds. The van der Waals surface area contributed by atoms with Gasteiger partial charge >= 0.3 is 0 Å². The van der Waals surface area contributed by atoms with Gasteiger partial charge in [-0.25, -0.2) is 0 Å². The van der Waals surface area contributed by atoms with E-state index in [1.807, 2.05) is 49.4 Å². The first kappa shape index (κ1) is 18.3. The molecule has 26 heavy (non-hydrogen) atoms. The third kappa shape index (κ3) is 4.17. The van der Waals surface area contributed by atoms with Gasteiger partial charge in [-0.2, -0.15) is 0 Å². The maximum absolute atomic E-state index is 12.5. The number of hydrogen-bond acceptors (Lipinski definition) is 4. The second-order valence-electron chi connectivity index (χ2n) is 6.65. The Bertz CT molecular complexity index is 776. The number of rotatable bonds is 6. The first-order valence-electron chi connectivity index (χ1n) is 8.93. The zero-order chi connectivity index (χ0) is 18.5. The first-order chi connectivity index (χ1) is 12.6. The van der Waals surface area contributed by atoms with Gasteiger partial charge in [0.1, 0.15) is 11.5 Å². The van der Waals surface area contributed by atoms with Crippen molar-refractivity contribution in [3.63, 3.8) is 0 Å². The Morgan fingerprint density at radius 3 is 2.77 bits per heavy atom. The predicted octanol–water partition coefficient (Wildman–Crippen LogP) is 3.79. The van der Waals surface area contributed by atoms with E-state index >= 15 is 0 Å². The van der Waals surface area contributed by atoms with Crippen molar-refractivity contribution in [2.75, 3.05) is 32.6 Å². The number of aryl methyl sites for hydroxylation is 1. The van der Waals surface area contributed by atoms with Crippen LogP contribution in [0.3, 0.4) is 0 Å². The molecule has 0 bridgehead atoms. The Balaban J connectivity index is 1.73.